The summed E-state index contributed by atoms with van der Waals surface area (Å²) in [5.41, 5.74) is 1.19. The summed E-state index contributed by atoms with van der Waals surface area (Å²) < 4.78 is 12.4. The SMILES string of the molecule is Cn1cc(C(=O)OCC2(C#N)CCOCC2)c(-c2ccccc2)n1. The fourth-order valence-electron chi connectivity index (χ4n) is 2.78. The first-order valence-electron chi connectivity index (χ1n) is 7.89. The van der Waals surface area contributed by atoms with Gasteiger partial charge in [-0.25, -0.2) is 4.79 Å². The first kappa shape index (κ1) is 16.2. The van der Waals surface area contributed by atoms with Crippen LogP contribution in [-0.2, 0) is 16.5 Å². The normalized spacial score (nSPS) is 16.3. The Morgan fingerprint density at radius 3 is 2.75 bits per heavy atom. The van der Waals surface area contributed by atoms with Crippen LogP contribution < -0.4 is 0 Å². The van der Waals surface area contributed by atoms with E-state index in [1.54, 1.807) is 17.9 Å². The van der Waals surface area contributed by atoms with Crippen LogP contribution in [0, 0.1) is 16.7 Å². The van der Waals surface area contributed by atoms with Crippen molar-refractivity contribution < 1.29 is 14.3 Å². The number of aryl methyl sites for hydroxylation is 1. The van der Waals surface area contributed by atoms with Gasteiger partial charge in [0.25, 0.3) is 0 Å². The Labute approximate surface area is 140 Å². The number of ether oxygens (including phenoxy) is 2. The summed E-state index contributed by atoms with van der Waals surface area (Å²) in [5.74, 6) is -0.455. The lowest BCUT2D eigenvalue weighted by Crippen LogP contribution is -2.33. The molecule has 0 radical (unpaired) electrons. The molecule has 0 unspecified atom stereocenters. The Morgan fingerprint density at radius 2 is 2.08 bits per heavy atom. The lowest BCUT2D eigenvalue weighted by atomic mass is 9.83. The zero-order chi connectivity index (χ0) is 17.0. The molecule has 124 valence electrons. The number of carbonyl (C=O) groups excluding carboxylic acids is 1. The van der Waals surface area contributed by atoms with Crippen molar-refractivity contribution in [3.8, 4) is 17.3 Å². The molecular weight excluding hydrogens is 306 g/mol. The molecule has 6 heteroatoms. The lowest BCUT2D eigenvalue weighted by molar-refractivity contribution is -0.00463. The number of aromatic nitrogens is 2. The van der Waals surface area contributed by atoms with Crippen LogP contribution in [0.2, 0.25) is 0 Å². The van der Waals surface area contributed by atoms with E-state index >= 15 is 0 Å². The Hall–Kier alpha value is -2.65. The van der Waals surface area contributed by atoms with E-state index in [4.69, 9.17) is 9.47 Å². The van der Waals surface area contributed by atoms with Gasteiger partial charge in [0.15, 0.2) is 0 Å². The quantitative estimate of drug-likeness (QED) is 0.807. The van der Waals surface area contributed by atoms with E-state index in [0.717, 1.165) is 5.56 Å². The fourth-order valence-corrected chi connectivity index (χ4v) is 2.78. The molecule has 0 aliphatic carbocycles. The van der Waals surface area contributed by atoms with Gasteiger partial charge in [-0.1, -0.05) is 30.3 Å². The van der Waals surface area contributed by atoms with Gasteiger partial charge in [0, 0.05) is 32.0 Å². The zero-order valence-electron chi connectivity index (χ0n) is 13.6. The minimum atomic E-state index is -0.650. The van der Waals surface area contributed by atoms with Crippen LogP contribution in [0.15, 0.2) is 36.5 Å². The molecule has 0 saturated carbocycles. The molecule has 1 aliphatic rings. The third-order valence-corrected chi connectivity index (χ3v) is 4.26. The van der Waals surface area contributed by atoms with Gasteiger partial charge in [-0.15, -0.1) is 0 Å². The van der Waals surface area contributed by atoms with Crippen molar-refractivity contribution in [1.29, 1.82) is 5.26 Å². The van der Waals surface area contributed by atoms with E-state index in [9.17, 15) is 10.1 Å². The third-order valence-electron chi connectivity index (χ3n) is 4.26. The van der Waals surface area contributed by atoms with Crippen molar-refractivity contribution in [1.82, 2.24) is 9.78 Å². The van der Waals surface area contributed by atoms with E-state index in [1.807, 2.05) is 30.3 Å². The summed E-state index contributed by atoms with van der Waals surface area (Å²) in [5, 5.41) is 13.8. The Kier molecular flexibility index (Phi) is 4.63. The average Bonchev–Trinajstić information content (AvgIpc) is 3.03. The van der Waals surface area contributed by atoms with Crippen LogP contribution in [0.3, 0.4) is 0 Å². The highest BCUT2D eigenvalue weighted by molar-refractivity contribution is 5.96. The van der Waals surface area contributed by atoms with E-state index in [1.165, 1.54) is 0 Å². The van der Waals surface area contributed by atoms with Gasteiger partial charge < -0.3 is 9.47 Å². The smallest absolute Gasteiger partial charge is 0.342 e. The molecule has 1 saturated heterocycles. The van der Waals surface area contributed by atoms with E-state index in [2.05, 4.69) is 11.2 Å². The second-order valence-corrected chi connectivity index (χ2v) is 6.01. The van der Waals surface area contributed by atoms with Crippen LogP contribution >= 0.6 is 0 Å². The minimum absolute atomic E-state index is 0.0782. The number of benzene rings is 1. The summed E-state index contributed by atoms with van der Waals surface area (Å²) >= 11 is 0. The maximum absolute atomic E-state index is 12.5. The molecule has 2 aromatic rings. The maximum Gasteiger partial charge on any atom is 0.342 e. The van der Waals surface area contributed by atoms with Crippen LogP contribution in [0.5, 0.6) is 0 Å². The average molecular weight is 325 g/mol. The Balaban J connectivity index is 1.77. The van der Waals surface area contributed by atoms with Gasteiger partial charge in [-0.05, 0) is 12.8 Å². The van der Waals surface area contributed by atoms with Crippen LogP contribution in [0.1, 0.15) is 23.2 Å². The predicted octanol–water partition coefficient (Wildman–Crippen LogP) is 2.56. The third kappa shape index (κ3) is 3.31. The molecule has 1 aromatic heterocycles. The van der Waals surface area contributed by atoms with Gasteiger partial charge in [0.2, 0.25) is 0 Å². The summed E-state index contributed by atoms with van der Waals surface area (Å²) in [4.78, 5) is 12.5. The van der Waals surface area contributed by atoms with Gasteiger partial charge in [0.05, 0.1) is 11.5 Å². The molecule has 1 aliphatic heterocycles. The van der Waals surface area contributed by atoms with Gasteiger partial charge in [0.1, 0.15) is 17.9 Å². The number of rotatable bonds is 4. The molecule has 0 amide bonds. The molecule has 0 bridgehead atoms. The largest absolute Gasteiger partial charge is 0.460 e. The zero-order valence-corrected chi connectivity index (χ0v) is 13.6. The molecule has 0 atom stereocenters. The van der Waals surface area contributed by atoms with E-state index in [-0.39, 0.29) is 6.61 Å². The molecule has 3 rings (SSSR count). The summed E-state index contributed by atoms with van der Waals surface area (Å²) in [6.45, 7) is 1.12. The molecule has 0 spiro atoms. The van der Waals surface area contributed by atoms with Crippen molar-refractivity contribution >= 4 is 5.97 Å². The predicted molar refractivity (Wildman–Crippen MR) is 87.0 cm³/mol. The first-order valence-corrected chi connectivity index (χ1v) is 7.89. The topological polar surface area (TPSA) is 77.1 Å². The number of nitrogens with zero attached hydrogens (tertiary/aromatic N) is 3. The Morgan fingerprint density at radius 1 is 1.38 bits per heavy atom. The van der Waals surface area contributed by atoms with E-state index in [0.29, 0.717) is 37.3 Å². The maximum atomic E-state index is 12.5. The van der Waals surface area contributed by atoms with Gasteiger partial charge in [-0.2, -0.15) is 10.4 Å². The molecule has 2 heterocycles. The second kappa shape index (κ2) is 6.85. The van der Waals surface area contributed by atoms with E-state index < -0.39 is 11.4 Å². The number of hydrogen-bond acceptors (Lipinski definition) is 5. The molecule has 1 fully saturated rings. The highest BCUT2D eigenvalue weighted by Gasteiger charge is 2.35. The highest BCUT2D eigenvalue weighted by atomic mass is 16.5. The lowest BCUT2D eigenvalue weighted by Gasteiger charge is -2.29. The minimum Gasteiger partial charge on any atom is -0.460 e. The Bertz CT molecular complexity index is 756. The van der Waals surface area contributed by atoms with Crippen molar-refractivity contribution in [2.75, 3.05) is 19.8 Å². The molecule has 1 aromatic carbocycles. The van der Waals surface area contributed by atoms with Gasteiger partial charge >= 0.3 is 5.97 Å². The van der Waals surface area contributed by atoms with Crippen LogP contribution in [0.4, 0.5) is 0 Å². The summed E-state index contributed by atoms with van der Waals surface area (Å²) in [6.07, 6.45) is 2.80. The number of carbonyl (C=O) groups is 1. The highest BCUT2D eigenvalue weighted by Crippen LogP contribution is 2.31. The fraction of sp³-hybridized carbons (Fsp3) is 0.389. The van der Waals surface area contributed by atoms with Crippen molar-refractivity contribution in [2.45, 2.75) is 12.8 Å². The van der Waals surface area contributed by atoms with Crippen molar-refractivity contribution in [3.63, 3.8) is 0 Å². The van der Waals surface area contributed by atoms with Crippen molar-refractivity contribution in [3.05, 3.63) is 42.1 Å². The molecule has 24 heavy (non-hydrogen) atoms. The number of nitriles is 1. The van der Waals surface area contributed by atoms with Crippen molar-refractivity contribution in [2.24, 2.45) is 12.5 Å². The first-order chi connectivity index (χ1) is 11.6. The monoisotopic (exact) mass is 325 g/mol. The summed E-state index contributed by atoms with van der Waals surface area (Å²) in [7, 11) is 1.76. The molecular formula is C18H19N3O3. The van der Waals surface area contributed by atoms with Gasteiger partial charge in [-0.3, -0.25) is 4.68 Å². The number of hydrogen-bond donors (Lipinski definition) is 0. The molecule has 0 N–H and O–H groups in total. The summed E-state index contributed by atoms with van der Waals surface area (Å²) in [6, 6.07) is 11.8. The van der Waals surface area contributed by atoms with Crippen LogP contribution in [-0.4, -0.2) is 35.6 Å². The molecule has 6 nitrogen and oxygen atoms in total. The second-order valence-electron chi connectivity index (χ2n) is 6.01. The number of esters is 1. The standard InChI is InChI=1S/C18H19N3O3/c1-21-11-15(16(20-21)14-5-3-2-4-6-14)17(22)24-13-18(12-19)7-9-23-10-8-18/h2-6,11H,7-10,13H2,1H3. The van der Waals surface area contributed by atoms with Crippen LogP contribution in [0.25, 0.3) is 11.3 Å².